The minimum atomic E-state index is -1.26. The normalized spacial score (nSPS) is 13.3. The first-order valence-electron chi connectivity index (χ1n) is 9.43. The summed E-state index contributed by atoms with van der Waals surface area (Å²) in [5.41, 5.74) is 0. The van der Waals surface area contributed by atoms with E-state index >= 15 is 0 Å². The second-order valence-electron chi connectivity index (χ2n) is 6.74. The maximum absolute atomic E-state index is 11.2. The van der Waals surface area contributed by atoms with E-state index in [2.05, 4.69) is 20.8 Å². The molecule has 0 radical (unpaired) electrons. The standard InChI is InChI=1S/C19H36O4.Mg.2H/c1-4-7-9-11-13-16(14-17(18(20)21)19(22)23)15(6-3)12-10-8-5-2;;;/h15-17H,4-14H2,1-3H3,(H,20,21)(H,22,23);;;/q;+2;2*-1. The molecule has 0 aliphatic heterocycles. The van der Waals surface area contributed by atoms with Gasteiger partial charge in [-0.3, -0.25) is 9.59 Å². The second kappa shape index (κ2) is 16.2. The molecule has 0 aliphatic rings. The fourth-order valence-corrected chi connectivity index (χ4v) is 3.42. The summed E-state index contributed by atoms with van der Waals surface area (Å²) >= 11 is 0. The molecule has 0 fully saturated rings. The average molecular weight is 355 g/mol. The summed E-state index contributed by atoms with van der Waals surface area (Å²) in [6, 6.07) is 0. The van der Waals surface area contributed by atoms with Gasteiger partial charge in [0, 0.05) is 0 Å². The Bertz CT molecular complexity index is 330. The zero-order chi connectivity index (χ0) is 17.7. The van der Waals surface area contributed by atoms with Crippen LogP contribution in [0.15, 0.2) is 0 Å². The Morgan fingerprint density at radius 1 is 0.792 bits per heavy atom. The quantitative estimate of drug-likeness (QED) is 0.241. The van der Waals surface area contributed by atoms with E-state index in [0.717, 1.165) is 38.5 Å². The third kappa shape index (κ3) is 11.3. The molecule has 0 amide bonds. The summed E-state index contributed by atoms with van der Waals surface area (Å²) in [5, 5.41) is 18.4. The van der Waals surface area contributed by atoms with E-state index < -0.39 is 17.9 Å². The van der Waals surface area contributed by atoms with Gasteiger partial charge in [-0.25, -0.2) is 0 Å². The van der Waals surface area contributed by atoms with Crippen LogP contribution < -0.4 is 0 Å². The number of rotatable bonds is 15. The average Bonchev–Trinajstić information content (AvgIpc) is 2.51. The first kappa shape index (κ1) is 25.9. The zero-order valence-electron chi connectivity index (χ0n) is 17.9. The van der Waals surface area contributed by atoms with E-state index in [1.807, 2.05) is 0 Å². The molecule has 0 heterocycles. The van der Waals surface area contributed by atoms with Gasteiger partial charge in [-0.15, -0.1) is 0 Å². The fourth-order valence-electron chi connectivity index (χ4n) is 3.42. The summed E-state index contributed by atoms with van der Waals surface area (Å²) in [6.45, 7) is 6.49. The number of unbranched alkanes of at least 4 members (excludes halogenated alkanes) is 5. The molecule has 5 heteroatoms. The molecular weight excluding hydrogens is 317 g/mol. The summed E-state index contributed by atoms with van der Waals surface area (Å²) in [5.74, 6) is -2.99. The number of aliphatic carboxylic acids is 2. The Balaban J connectivity index is -0.000000807. The van der Waals surface area contributed by atoms with Crippen LogP contribution in [-0.2, 0) is 9.59 Å². The largest absolute Gasteiger partial charge is 2.00 e. The van der Waals surface area contributed by atoms with Crippen LogP contribution in [-0.4, -0.2) is 45.2 Å². The molecule has 0 saturated carbocycles. The Kier molecular flexibility index (Phi) is 17.5. The van der Waals surface area contributed by atoms with Crippen LogP contribution in [0.2, 0.25) is 0 Å². The number of hydrogen-bond donors (Lipinski definition) is 2. The predicted molar refractivity (Wildman–Crippen MR) is 102 cm³/mol. The fraction of sp³-hybridized carbons (Fsp3) is 0.895. The van der Waals surface area contributed by atoms with Crippen molar-refractivity contribution in [1.82, 2.24) is 0 Å². The van der Waals surface area contributed by atoms with Crippen LogP contribution in [0, 0.1) is 17.8 Å². The first-order chi connectivity index (χ1) is 11.0. The monoisotopic (exact) mass is 354 g/mol. The maximum atomic E-state index is 11.2. The number of carbonyl (C=O) groups is 2. The van der Waals surface area contributed by atoms with E-state index in [-0.39, 0.29) is 38.2 Å². The van der Waals surface area contributed by atoms with E-state index in [9.17, 15) is 19.8 Å². The van der Waals surface area contributed by atoms with Crippen LogP contribution in [0.25, 0.3) is 0 Å². The molecule has 0 aromatic heterocycles. The molecule has 0 aromatic carbocycles. The first-order valence-corrected chi connectivity index (χ1v) is 9.43. The van der Waals surface area contributed by atoms with Crippen molar-refractivity contribution >= 4 is 35.0 Å². The molecule has 0 spiro atoms. The van der Waals surface area contributed by atoms with Crippen molar-refractivity contribution in [2.45, 2.75) is 91.4 Å². The van der Waals surface area contributed by atoms with Gasteiger partial charge in [0.1, 0.15) is 0 Å². The van der Waals surface area contributed by atoms with Crippen LogP contribution >= 0.6 is 0 Å². The molecule has 0 aromatic rings. The van der Waals surface area contributed by atoms with Crippen molar-refractivity contribution in [3.63, 3.8) is 0 Å². The molecule has 2 unspecified atom stereocenters. The Morgan fingerprint density at radius 3 is 1.71 bits per heavy atom. The SMILES string of the molecule is CCCCCCC(CC(C(=O)O)C(=O)O)C(CC)CCCCC.[H-].[H-].[Mg+2]. The van der Waals surface area contributed by atoms with Gasteiger partial charge in [-0.1, -0.05) is 85.0 Å². The number of carboxylic acids is 2. The van der Waals surface area contributed by atoms with E-state index in [1.165, 1.54) is 25.7 Å². The minimum Gasteiger partial charge on any atom is -1.00 e. The Hall–Kier alpha value is -0.294. The van der Waals surface area contributed by atoms with Crippen molar-refractivity contribution in [3.8, 4) is 0 Å². The van der Waals surface area contributed by atoms with Gasteiger partial charge in [0.25, 0.3) is 0 Å². The van der Waals surface area contributed by atoms with Crippen molar-refractivity contribution in [2.24, 2.45) is 17.8 Å². The van der Waals surface area contributed by atoms with Crippen LogP contribution in [0.5, 0.6) is 0 Å². The van der Waals surface area contributed by atoms with Gasteiger partial charge in [0.2, 0.25) is 0 Å². The zero-order valence-corrected chi connectivity index (χ0v) is 17.3. The van der Waals surface area contributed by atoms with Crippen molar-refractivity contribution in [2.75, 3.05) is 0 Å². The summed E-state index contributed by atoms with van der Waals surface area (Å²) in [6.07, 6.45) is 11.5. The molecule has 0 saturated heterocycles. The Labute approximate surface area is 166 Å². The van der Waals surface area contributed by atoms with Crippen molar-refractivity contribution in [1.29, 1.82) is 0 Å². The maximum Gasteiger partial charge on any atom is 2.00 e. The number of carboxylic acid groups (broad SMARTS) is 2. The van der Waals surface area contributed by atoms with E-state index in [0.29, 0.717) is 5.92 Å². The summed E-state index contributed by atoms with van der Waals surface area (Å²) in [7, 11) is 0. The third-order valence-electron chi connectivity index (χ3n) is 4.93. The van der Waals surface area contributed by atoms with Gasteiger partial charge >= 0.3 is 35.0 Å². The molecule has 4 nitrogen and oxygen atoms in total. The molecule has 2 N–H and O–H groups in total. The van der Waals surface area contributed by atoms with E-state index in [4.69, 9.17) is 0 Å². The molecule has 2 atom stereocenters. The predicted octanol–water partition coefficient (Wildman–Crippen LogP) is 5.20. The summed E-state index contributed by atoms with van der Waals surface area (Å²) < 4.78 is 0. The third-order valence-corrected chi connectivity index (χ3v) is 4.93. The van der Waals surface area contributed by atoms with Crippen LogP contribution in [0.4, 0.5) is 0 Å². The van der Waals surface area contributed by atoms with Gasteiger partial charge in [0.15, 0.2) is 5.92 Å². The summed E-state index contributed by atoms with van der Waals surface area (Å²) in [4.78, 5) is 22.5. The molecule has 140 valence electrons. The minimum absolute atomic E-state index is 0. The van der Waals surface area contributed by atoms with Crippen LogP contribution in [0.1, 0.15) is 94.3 Å². The van der Waals surface area contributed by atoms with Gasteiger partial charge < -0.3 is 13.1 Å². The number of hydrogen-bond acceptors (Lipinski definition) is 2. The molecule has 0 rings (SSSR count). The molecular formula is C19H38MgO4. The van der Waals surface area contributed by atoms with Crippen molar-refractivity contribution in [3.05, 3.63) is 0 Å². The van der Waals surface area contributed by atoms with Gasteiger partial charge in [-0.05, 0) is 18.3 Å². The smallest absolute Gasteiger partial charge is 1.00 e. The van der Waals surface area contributed by atoms with Gasteiger partial charge in [-0.2, -0.15) is 0 Å². The molecule has 0 aliphatic carbocycles. The second-order valence-corrected chi connectivity index (χ2v) is 6.74. The van der Waals surface area contributed by atoms with E-state index in [1.54, 1.807) is 0 Å². The topological polar surface area (TPSA) is 74.6 Å². The Morgan fingerprint density at radius 2 is 1.25 bits per heavy atom. The van der Waals surface area contributed by atoms with Crippen LogP contribution in [0.3, 0.4) is 0 Å². The molecule has 24 heavy (non-hydrogen) atoms. The van der Waals surface area contributed by atoms with Gasteiger partial charge in [0.05, 0.1) is 0 Å². The molecule has 0 bridgehead atoms. The van der Waals surface area contributed by atoms with Crippen molar-refractivity contribution < 1.29 is 22.7 Å².